The van der Waals surface area contributed by atoms with Gasteiger partial charge in [-0.3, -0.25) is 0 Å². The molecule has 0 amide bonds. The van der Waals surface area contributed by atoms with Gasteiger partial charge in [-0.25, -0.2) is 0 Å². The number of rotatable bonds is 2. The first-order chi connectivity index (χ1) is 9.17. The Labute approximate surface area is 113 Å². The molecule has 4 heteroatoms. The average Bonchev–Trinajstić information content (AvgIpc) is 2.83. The number of aryl methyl sites for hydroxylation is 1. The third kappa shape index (κ3) is 2.76. The van der Waals surface area contributed by atoms with E-state index < -0.39 is 5.79 Å². The summed E-state index contributed by atoms with van der Waals surface area (Å²) in [7, 11) is 0. The monoisotopic (exact) mass is 263 g/mol. The van der Waals surface area contributed by atoms with Gasteiger partial charge in [0.1, 0.15) is 11.9 Å². The zero-order valence-corrected chi connectivity index (χ0v) is 11.3. The summed E-state index contributed by atoms with van der Waals surface area (Å²) in [5.74, 6) is 0.417. The van der Waals surface area contributed by atoms with Crippen LogP contribution in [0.3, 0.4) is 0 Å². The molecule has 2 N–H and O–H groups in total. The molecule has 0 radical (unpaired) electrons. The van der Waals surface area contributed by atoms with E-state index in [-0.39, 0.29) is 12.1 Å². The smallest absolute Gasteiger partial charge is 0.172 e. The van der Waals surface area contributed by atoms with Crippen molar-refractivity contribution < 1.29 is 14.2 Å². The Kier molecular flexibility index (Phi) is 3.48. The molecule has 1 aromatic carbocycles. The van der Waals surface area contributed by atoms with E-state index in [1.54, 1.807) is 0 Å². The maximum atomic E-state index is 6.18. The van der Waals surface area contributed by atoms with Crippen LogP contribution in [0.5, 0.6) is 5.75 Å². The van der Waals surface area contributed by atoms with Crippen LogP contribution in [0.1, 0.15) is 24.8 Å². The Morgan fingerprint density at radius 1 is 1.32 bits per heavy atom. The van der Waals surface area contributed by atoms with E-state index in [9.17, 15) is 0 Å². The van der Waals surface area contributed by atoms with Gasteiger partial charge in [0.2, 0.25) is 0 Å². The fourth-order valence-electron chi connectivity index (χ4n) is 2.88. The van der Waals surface area contributed by atoms with Crippen LogP contribution in [-0.4, -0.2) is 31.1 Å². The number of ether oxygens (including phenoxy) is 3. The molecule has 1 heterocycles. The van der Waals surface area contributed by atoms with Gasteiger partial charge in [-0.05, 0) is 31.0 Å². The van der Waals surface area contributed by atoms with E-state index in [0.717, 1.165) is 18.6 Å². The predicted octanol–water partition coefficient (Wildman–Crippen LogP) is 2.00. The lowest BCUT2D eigenvalue weighted by atomic mass is 9.88. The third-order valence-corrected chi connectivity index (χ3v) is 3.94. The first-order valence-electron chi connectivity index (χ1n) is 6.94. The standard InChI is InChI=1S/C15H21NO3/c1-11-3-2-4-12(9-11)19-14-10-15(6-5-13(14)16)17-7-8-18-15/h2-4,9,13-14H,5-8,10,16H2,1H3. The summed E-state index contributed by atoms with van der Waals surface area (Å²) < 4.78 is 17.6. The van der Waals surface area contributed by atoms with Gasteiger partial charge in [-0.15, -0.1) is 0 Å². The molecular formula is C15H21NO3. The van der Waals surface area contributed by atoms with Gasteiger partial charge >= 0.3 is 0 Å². The minimum Gasteiger partial charge on any atom is -0.489 e. The highest BCUT2D eigenvalue weighted by Crippen LogP contribution is 2.37. The molecule has 1 aliphatic heterocycles. The van der Waals surface area contributed by atoms with Crippen LogP contribution in [0.2, 0.25) is 0 Å². The minimum atomic E-state index is -0.454. The third-order valence-electron chi connectivity index (χ3n) is 3.94. The molecule has 2 unspecified atom stereocenters. The Balaban J connectivity index is 1.71. The average molecular weight is 263 g/mol. The largest absolute Gasteiger partial charge is 0.489 e. The van der Waals surface area contributed by atoms with E-state index in [0.29, 0.717) is 19.6 Å². The number of hydrogen-bond donors (Lipinski definition) is 1. The summed E-state index contributed by atoms with van der Waals surface area (Å²) in [4.78, 5) is 0. The minimum absolute atomic E-state index is 0.0407. The van der Waals surface area contributed by atoms with Crippen LogP contribution in [0.4, 0.5) is 0 Å². The van der Waals surface area contributed by atoms with Crippen molar-refractivity contribution in [3.63, 3.8) is 0 Å². The van der Waals surface area contributed by atoms with Crippen molar-refractivity contribution in [1.29, 1.82) is 0 Å². The van der Waals surface area contributed by atoms with E-state index >= 15 is 0 Å². The summed E-state index contributed by atoms with van der Waals surface area (Å²) in [6, 6.07) is 8.09. The SMILES string of the molecule is Cc1cccc(OC2CC3(CCC2N)OCCO3)c1. The van der Waals surface area contributed by atoms with E-state index in [1.165, 1.54) is 5.56 Å². The summed E-state index contributed by atoms with van der Waals surface area (Å²) in [5.41, 5.74) is 7.36. The lowest BCUT2D eigenvalue weighted by Crippen LogP contribution is -2.51. The molecule has 2 atom stereocenters. The van der Waals surface area contributed by atoms with Gasteiger partial charge < -0.3 is 19.9 Å². The molecule has 0 aromatic heterocycles. The molecule has 1 aromatic rings. The normalized spacial score (nSPS) is 29.6. The number of nitrogens with two attached hydrogens (primary N) is 1. The summed E-state index contributed by atoms with van der Waals surface area (Å²) in [6.07, 6.45) is 2.40. The molecule has 1 saturated heterocycles. The van der Waals surface area contributed by atoms with Crippen molar-refractivity contribution in [2.75, 3.05) is 13.2 Å². The van der Waals surface area contributed by atoms with Crippen molar-refractivity contribution in [2.24, 2.45) is 5.73 Å². The highest BCUT2D eigenvalue weighted by molar-refractivity contribution is 5.27. The van der Waals surface area contributed by atoms with E-state index in [4.69, 9.17) is 19.9 Å². The predicted molar refractivity (Wildman–Crippen MR) is 72.1 cm³/mol. The van der Waals surface area contributed by atoms with Crippen LogP contribution in [-0.2, 0) is 9.47 Å². The van der Waals surface area contributed by atoms with Crippen molar-refractivity contribution in [3.05, 3.63) is 29.8 Å². The molecule has 1 saturated carbocycles. The maximum absolute atomic E-state index is 6.18. The Hall–Kier alpha value is -1.10. The fraction of sp³-hybridized carbons (Fsp3) is 0.600. The topological polar surface area (TPSA) is 53.7 Å². The van der Waals surface area contributed by atoms with Gasteiger partial charge in [0, 0.05) is 18.9 Å². The van der Waals surface area contributed by atoms with E-state index in [2.05, 4.69) is 13.0 Å². The molecule has 2 fully saturated rings. The molecule has 104 valence electrons. The van der Waals surface area contributed by atoms with Gasteiger partial charge in [0.05, 0.1) is 13.2 Å². The molecule has 4 nitrogen and oxygen atoms in total. The second-order valence-corrected chi connectivity index (χ2v) is 5.49. The summed E-state index contributed by atoms with van der Waals surface area (Å²) in [5, 5.41) is 0. The van der Waals surface area contributed by atoms with Gasteiger partial charge in [-0.1, -0.05) is 12.1 Å². The lowest BCUT2D eigenvalue weighted by Gasteiger charge is -2.39. The second-order valence-electron chi connectivity index (χ2n) is 5.49. The molecule has 0 bridgehead atoms. The first-order valence-corrected chi connectivity index (χ1v) is 6.94. The van der Waals surface area contributed by atoms with Crippen molar-refractivity contribution >= 4 is 0 Å². The Morgan fingerprint density at radius 3 is 2.84 bits per heavy atom. The summed E-state index contributed by atoms with van der Waals surface area (Å²) in [6.45, 7) is 3.40. The molecule has 2 aliphatic rings. The van der Waals surface area contributed by atoms with Crippen molar-refractivity contribution in [2.45, 2.75) is 44.1 Å². The molecular weight excluding hydrogens is 242 g/mol. The van der Waals surface area contributed by atoms with Crippen LogP contribution in [0.15, 0.2) is 24.3 Å². The molecule has 19 heavy (non-hydrogen) atoms. The van der Waals surface area contributed by atoms with Gasteiger partial charge in [0.25, 0.3) is 0 Å². The number of benzene rings is 1. The van der Waals surface area contributed by atoms with Crippen LogP contribution >= 0.6 is 0 Å². The second kappa shape index (κ2) is 5.12. The highest BCUT2D eigenvalue weighted by atomic mass is 16.7. The summed E-state index contributed by atoms with van der Waals surface area (Å²) >= 11 is 0. The lowest BCUT2D eigenvalue weighted by molar-refractivity contribution is -0.195. The number of hydrogen-bond acceptors (Lipinski definition) is 4. The maximum Gasteiger partial charge on any atom is 0.172 e. The molecule has 1 spiro atoms. The van der Waals surface area contributed by atoms with Crippen molar-refractivity contribution in [1.82, 2.24) is 0 Å². The first kappa shape index (κ1) is 12.9. The van der Waals surface area contributed by atoms with E-state index in [1.807, 2.05) is 18.2 Å². The quantitative estimate of drug-likeness (QED) is 0.886. The Bertz CT molecular complexity index is 443. The zero-order valence-electron chi connectivity index (χ0n) is 11.3. The molecule has 1 aliphatic carbocycles. The Morgan fingerprint density at radius 2 is 2.11 bits per heavy atom. The van der Waals surface area contributed by atoms with Gasteiger partial charge in [-0.2, -0.15) is 0 Å². The van der Waals surface area contributed by atoms with Crippen LogP contribution < -0.4 is 10.5 Å². The van der Waals surface area contributed by atoms with Crippen LogP contribution in [0, 0.1) is 6.92 Å². The fourth-order valence-corrected chi connectivity index (χ4v) is 2.88. The zero-order chi connectivity index (χ0) is 13.3. The molecule has 3 rings (SSSR count). The van der Waals surface area contributed by atoms with Crippen LogP contribution in [0.25, 0.3) is 0 Å². The van der Waals surface area contributed by atoms with Gasteiger partial charge in [0.15, 0.2) is 5.79 Å². The highest BCUT2D eigenvalue weighted by Gasteiger charge is 2.45. The van der Waals surface area contributed by atoms with Crippen molar-refractivity contribution in [3.8, 4) is 5.75 Å².